The molecule has 0 saturated carbocycles. The first-order valence-corrected chi connectivity index (χ1v) is 13.8. The van der Waals surface area contributed by atoms with Gasteiger partial charge in [0.25, 0.3) is 8.32 Å². The molecule has 0 saturated heterocycles. The lowest BCUT2D eigenvalue weighted by molar-refractivity contribution is -0.133. The monoisotopic (exact) mass is 426 g/mol. The summed E-state index contributed by atoms with van der Waals surface area (Å²) in [7, 11) is -2.56. The maximum absolute atomic E-state index is 12.7. The van der Waals surface area contributed by atoms with Crippen LogP contribution in [0.1, 0.15) is 113 Å². The third-order valence-electron chi connectivity index (χ3n) is 7.13. The summed E-state index contributed by atoms with van der Waals surface area (Å²) in [6.45, 7) is 15.6. The smallest absolute Gasteiger partial charge is 0.328 e. The Kier molecular flexibility index (Phi) is 13.5. The van der Waals surface area contributed by atoms with Crippen LogP contribution in [0.3, 0.4) is 0 Å². The van der Waals surface area contributed by atoms with Gasteiger partial charge in [0.1, 0.15) is 0 Å². The van der Waals surface area contributed by atoms with E-state index >= 15 is 0 Å². The van der Waals surface area contributed by atoms with Crippen molar-refractivity contribution in [2.45, 2.75) is 129 Å². The highest BCUT2D eigenvalue weighted by atomic mass is 28.4. The van der Waals surface area contributed by atoms with Crippen molar-refractivity contribution in [2.24, 2.45) is 0 Å². The van der Waals surface area contributed by atoms with Crippen LogP contribution in [0.5, 0.6) is 0 Å². The van der Waals surface area contributed by atoms with Gasteiger partial charge in [-0.05, 0) is 29.0 Å². The number of carboxylic acid groups (broad SMARTS) is 1. The Labute approximate surface area is 180 Å². The molecule has 0 radical (unpaired) electrons. The summed E-state index contributed by atoms with van der Waals surface area (Å²) in [5.74, 6) is -1.60. The Hall–Kier alpha value is -1.10. The Morgan fingerprint density at radius 2 is 1.45 bits per heavy atom. The van der Waals surface area contributed by atoms with Crippen molar-refractivity contribution in [1.82, 2.24) is 0 Å². The lowest BCUT2D eigenvalue weighted by Gasteiger charge is -2.52. The molecule has 0 aromatic carbocycles. The Morgan fingerprint density at radius 3 is 1.90 bits per heavy atom. The van der Waals surface area contributed by atoms with E-state index in [1.54, 1.807) is 0 Å². The van der Waals surface area contributed by atoms with Crippen molar-refractivity contribution in [2.75, 3.05) is 0 Å². The highest BCUT2D eigenvalue weighted by molar-refractivity contribution is 6.80. The fourth-order valence-electron chi connectivity index (χ4n) is 4.89. The van der Waals surface area contributed by atoms with E-state index in [4.69, 9.17) is 9.53 Å². The third kappa shape index (κ3) is 7.91. The van der Waals surface area contributed by atoms with Crippen LogP contribution in [-0.4, -0.2) is 25.4 Å². The number of carbonyl (C=O) groups excluding carboxylic acids is 1. The summed E-state index contributed by atoms with van der Waals surface area (Å²) in [6, 6.07) is 0. The maximum Gasteiger partial charge on any atom is 0.328 e. The van der Waals surface area contributed by atoms with E-state index in [1.807, 2.05) is 0 Å². The molecule has 0 amide bonds. The molecule has 0 aliphatic rings. The molecule has 0 fully saturated rings. The first-order chi connectivity index (χ1) is 13.6. The Balaban J connectivity index is 5.80. The van der Waals surface area contributed by atoms with Gasteiger partial charge in [0.2, 0.25) is 0 Å². The van der Waals surface area contributed by atoms with Gasteiger partial charge in [-0.15, -0.1) is 0 Å². The molecule has 5 heteroatoms. The van der Waals surface area contributed by atoms with Crippen molar-refractivity contribution in [3.8, 4) is 0 Å². The summed E-state index contributed by atoms with van der Waals surface area (Å²) in [4.78, 5) is 23.5. The lowest BCUT2D eigenvalue weighted by atomic mass is 9.98. The standard InChI is InChI=1S/C24H46O4Si/c1-8-12-13-14-15-16-19-24(7,11-4)29(20(5)9-2,21(6)10-3)28-23(27)18-17-22(25)26/h17-18,20-21H,8-16,19H2,1-7H3,(H,25,26)/b18-17-. The number of rotatable bonds is 16. The molecule has 4 nitrogen and oxygen atoms in total. The molecular formula is C24H46O4Si. The second kappa shape index (κ2) is 14.0. The van der Waals surface area contributed by atoms with Gasteiger partial charge in [0, 0.05) is 12.2 Å². The lowest BCUT2D eigenvalue weighted by Crippen LogP contribution is -2.56. The summed E-state index contributed by atoms with van der Waals surface area (Å²) >= 11 is 0. The van der Waals surface area contributed by atoms with Crippen molar-refractivity contribution in [3.63, 3.8) is 0 Å². The van der Waals surface area contributed by atoms with Gasteiger partial charge >= 0.3 is 11.9 Å². The molecule has 0 heterocycles. The van der Waals surface area contributed by atoms with Crippen LogP contribution in [0.15, 0.2) is 12.2 Å². The Bertz CT molecular complexity index is 507. The molecule has 170 valence electrons. The summed E-state index contributed by atoms with van der Waals surface area (Å²) in [5.41, 5.74) is 0.648. The van der Waals surface area contributed by atoms with Gasteiger partial charge in [-0.1, -0.05) is 99.8 Å². The number of hydrogen-bond acceptors (Lipinski definition) is 3. The quantitative estimate of drug-likeness (QED) is 0.156. The molecule has 0 aliphatic carbocycles. The summed E-state index contributed by atoms with van der Waals surface area (Å²) in [5, 5.41) is 8.88. The first kappa shape index (κ1) is 27.9. The van der Waals surface area contributed by atoms with Crippen LogP contribution in [-0.2, 0) is 14.0 Å². The molecular weight excluding hydrogens is 380 g/mol. The zero-order chi connectivity index (χ0) is 22.5. The zero-order valence-corrected chi connectivity index (χ0v) is 21.1. The molecule has 3 unspecified atom stereocenters. The van der Waals surface area contributed by atoms with E-state index in [2.05, 4.69) is 48.5 Å². The Morgan fingerprint density at radius 1 is 0.931 bits per heavy atom. The maximum atomic E-state index is 12.7. The van der Waals surface area contributed by atoms with Crippen LogP contribution in [0.25, 0.3) is 0 Å². The zero-order valence-electron chi connectivity index (χ0n) is 20.1. The van der Waals surface area contributed by atoms with Gasteiger partial charge in [0.15, 0.2) is 0 Å². The van der Waals surface area contributed by atoms with Gasteiger partial charge in [-0.25, -0.2) is 9.59 Å². The summed E-state index contributed by atoms with van der Waals surface area (Å²) < 4.78 is 6.40. The first-order valence-electron chi connectivity index (χ1n) is 11.8. The third-order valence-corrected chi connectivity index (χ3v) is 13.9. The molecule has 0 aromatic rings. The van der Waals surface area contributed by atoms with Crippen LogP contribution in [0.4, 0.5) is 0 Å². The second-order valence-electron chi connectivity index (χ2n) is 8.94. The molecule has 0 spiro atoms. The van der Waals surface area contributed by atoms with Crippen molar-refractivity contribution in [1.29, 1.82) is 0 Å². The van der Waals surface area contributed by atoms with E-state index in [0.717, 1.165) is 44.3 Å². The predicted molar refractivity (Wildman–Crippen MR) is 125 cm³/mol. The fourth-order valence-corrected chi connectivity index (χ4v) is 11.6. The number of carbonyl (C=O) groups is 2. The second-order valence-corrected chi connectivity index (χ2v) is 13.9. The average Bonchev–Trinajstić information content (AvgIpc) is 2.71. The molecule has 0 rings (SSSR count). The van der Waals surface area contributed by atoms with Gasteiger partial charge in [0.05, 0.1) is 0 Å². The minimum absolute atomic E-state index is 0.0185. The highest BCUT2D eigenvalue weighted by Gasteiger charge is 2.59. The van der Waals surface area contributed by atoms with Crippen LogP contribution >= 0.6 is 0 Å². The van der Waals surface area contributed by atoms with E-state index < -0.39 is 20.3 Å². The number of carboxylic acids is 1. The van der Waals surface area contributed by atoms with Crippen LogP contribution < -0.4 is 0 Å². The minimum Gasteiger partial charge on any atom is -0.515 e. The van der Waals surface area contributed by atoms with Crippen molar-refractivity contribution < 1.29 is 19.1 Å². The van der Waals surface area contributed by atoms with E-state index in [0.29, 0.717) is 11.1 Å². The van der Waals surface area contributed by atoms with Gasteiger partial charge in [-0.2, -0.15) is 0 Å². The van der Waals surface area contributed by atoms with E-state index in [-0.39, 0.29) is 5.04 Å². The molecule has 0 aromatic heterocycles. The van der Waals surface area contributed by atoms with Crippen molar-refractivity contribution >= 4 is 20.3 Å². The predicted octanol–water partition coefficient (Wildman–Crippen LogP) is 7.64. The van der Waals surface area contributed by atoms with Crippen LogP contribution in [0.2, 0.25) is 16.1 Å². The average molecular weight is 427 g/mol. The minimum atomic E-state index is -2.56. The topological polar surface area (TPSA) is 63.6 Å². The normalized spacial score (nSPS) is 18.0. The summed E-state index contributed by atoms with van der Waals surface area (Å²) in [6.07, 6.45) is 13.5. The van der Waals surface area contributed by atoms with Crippen LogP contribution in [0, 0.1) is 0 Å². The molecule has 3 atom stereocenters. The molecule has 0 aliphatic heterocycles. The highest BCUT2D eigenvalue weighted by Crippen LogP contribution is 2.58. The molecule has 0 bridgehead atoms. The van der Waals surface area contributed by atoms with E-state index in [9.17, 15) is 9.59 Å². The molecule has 1 N–H and O–H groups in total. The number of unbranched alkanes of at least 4 members (excludes halogenated alkanes) is 5. The van der Waals surface area contributed by atoms with Gasteiger partial charge < -0.3 is 9.53 Å². The fraction of sp³-hybridized carbons (Fsp3) is 0.833. The van der Waals surface area contributed by atoms with Gasteiger partial charge in [-0.3, -0.25) is 0 Å². The molecule has 29 heavy (non-hydrogen) atoms. The van der Waals surface area contributed by atoms with E-state index in [1.165, 1.54) is 32.1 Å². The largest absolute Gasteiger partial charge is 0.515 e. The number of hydrogen-bond donors (Lipinski definition) is 1. The number of aliphatic carboxylic acids is 1. The SMILES string of the molecule is CCCCCCCCC(C)(CC)[Si](OC(=O)/C=C\C(=O)O)(C(C)CC)C(C)CC. The van der Waals surface area contributed by atoms with Crippen molar-refractivity contribution in [3.05, 3.63) is 12.2 Å².